The molecule has 0 saturated heterocycles. The lowest BCUT2D eigenvalue weighted by Crippen LogP contribution is -2.43. The number of carbonyl (C=O) groups is 2. The van der Waals surface area contributed by atoms with Crippen molar-refractivity contribution in [1.82, 2.24) is 5.32 Å². The summed E-state index contributed by atoms with van der Waals surface area (Å²) in [5.74, 6) is -0.855. The maximum absolute atomic E-state index is 12.6. The molecule has 31 heavy (non-hydrogen) atoms. The lowest BCUT2D eigenvalue weighted by atomic mass is 10.0. The van der Waals surface area contributed by atoms with Gasteiger partial charge in [-0.1, -0.05) is 30.3 Å². The molecule has 0 aliphatic rings. The number of carbonyl (C=O) groups excluding carboxylic acids is 1. The van der Waals surface area contributed by atoms with Crippen molar-refractivity contribution in [2.75, 3.05) is 14.2 Å². The molecule has 8 heteroatoms. The standard InChI is InChI=1S/C23H23NO7/c1-13-16(23(28)31-19-11-15(29-2)10-18(30-3)21(13)19)12-20(25)24-17(22(26)27)9-14-7-5-4-6-8-14/h4-8,10-11,17H,9,12H2,1-3H3,(H,24,25)(H,26,27). The highest BCUT2D eigenvalue weighted by Gasteiger charge is 2.23. The molecule has 0 radical (unpaired) electrons. The number of carboxylic acid groups (broad SMARTS) is 1. The first kappa shape index (κ1) is 21.9. The van der Waals surface area contributed by atoms with E-state index >= 15 is 0 Å². The van der Waals surface area contributed by atoms with E-state index in [1.807, 2.05) is 6.07 Å². The molecule has 0 spiro atoms. The first-order chi connectivity index (χ1) is 14.8. The summed E-state index contributed by atoms with van der Waals surface area (Å²) in [7, 11) is 2.96. The quantitative estimate of drug-likeness (QED) is 0.533. The van der Waals surface area contributed by atoms with Gasteiger partial charge in [-0.15, -0.1) is 0 Å². The largest absolute Gasteiger partial charge is 0.496 e. The van der Waals surface area contributed by atoms with Gasteiger partial charge in [0.15, 0.2) is 0 Å². The number of aryl methyl sites for hydroxylation is 1. The van der Waals surface area contributed by atoms with Crippen LogP contribution in [0.15, 0.2) is 51.7 Å². The second kappa shape index (κ2) is 9.34. The van der Waals surface area contributed by atoms with E-state index in [0.717, 1.165) is 5.56 Å². The topological polar surface area (TPSA) is 115 Å². The van der Waals surface area contributed by atoms with E-state index in [4.69, 9.17) is 13.9 Å². The molecule has 0 saturated carbocycles. The van der Waals surface area contributed by atoms with Crippen LogP contribution in [0.4, 0.5) is 0 Å². The van der Waals surface area contributed by atoms with Gasteiger partial charge >= 0.3 is 11.6 Å². The molecule has 1 amide bonds. The molecular weight excluding hydrogens is 402 g/mol. The van der Waals surface area contributed by atoms with E-state index in [2.05, 4.69) is 5.32 Å². The third-order valence-corrected chi connectivity index (χ3v) is 5.03. The Kier molecular flexibility index (Phi) is 6.59. The number of aliphatic carboxylic acids is 1. The van der Waals surface area contributed by atoms with Gasteiger partial charge < -0.3 is 24.3 Å². The molecule has 0 fully saturated rings. The highest BCUT2D eigenvalue weighted by atomic mass is 16.5. The number of hydrogen-bond acceptors (Lipinski definition) is 6. The minimum Gasteiger partial charge on any atom is -0.496 e. The molecule has 1 unspecified atom stereocenters. The summed E-state index contributed by atoms with van der Waals surface area (Å²) in [5.41, 5.74) is 1.03. The normalized spacial score (nSPS) is 11.7. The zero-order valence-corrected chi connectivity index (χ0v) is 17.4. The zero-order chi connectivity index (χ0) is 22.5. The van der Waals surface area contributed by atoms with E-state index < -0.39 is 23.5 Å². The van der Waals surface area contributed by atoms with Gasteiger partial charge in [-0.25, -0.2) is 9.59 Å². The van der Waals surface area contributed by atoms with Gasteiger partial charge in [0.2, 0.25) is 5.91 Å². The Morgan fingerprint density at radius 1 is 1.13 bits per heavy atom. The Morgan fingerprint density at radius 3 is 2.45 bits per heavy atom. The predicted molar refractivity (Wildman–Crippen MR) is 114 cm³/mol. The molecule has 2 aromatic carbocycles. The van der Waals surface area contributed by atoms with Gasteiger partial charge in [-0.3, -0.25) is 4.79 Å². The molecule has 0 aliphatic carbocycles. The van der Waals surface area contributed by atoms with E-state index in [1.165, 1.54) is 14.2 Å². The second-order valence-corrected chi connectivity index (χ2v) is 7.02. The summed E-state index contributed by atoms with van der Waals surface area (Å²) >= 11 is 0. The van der Waals surface area contributed by atoms with Crippen LogP contribution in [0.5, 0.6) is 11.5 Å². The summed E-state index contributed by atoms with van der Waals surface area (Å²) in [6.07, 6.45) is -0.196. The fraction of sp³-hybridized carbons (Fsp3) is 0.261. The number of nitrogens with one attached hydrogen (secondary N) is 1. The van der Waals surface area contributed by atoms with E-state index in [0.29, 0.717) is 22.4 Å². The smallest absolute Gasteiger partial charge is 0.340 e. The Morgan fingerprint density at radius 2 is 1.84 bits per heavy atom. The van der Waals surface area contributed by atoms with Crippen molar-refractivity contribution in [1.29, 1.82) is 0 Å². The van der Waals surface area contributed by atoms with Crippen molar-refractivity contribution in [3.63, 3.8) is 0 Å². The van der Waals surface area contributed by atoms with Gasteiger partial charge in [0, 0.05) is 18.6 Å². The number of fused-ring (bicyclic) bond motifs is 1. The summed E-state index contributed by atoms with van der Waals surface area (Å²) in [6, 6.07) is 11.1. The number of methoxy groups -OCH3 is 2. The highest BCUT2D eigenvalue weighted by Crippen LogP contribution is 2.33. The molecule has 3 aromatic rings. The first-order valence-electron chi connectivity index (χ1n) is 9.58. The number of amides is 1. The maximum atomic E-state index is 12.6. The van der Waals surface area contributed by atoms with Crippen LogP contribution >= 0.6 is 0 Å². The SMILES string of the molecule is COc1cc(OC)c2c(C)c(CC(=O)NC(Cc3ccccc3)C(=O)O)c(=O)oc2c1. The molecule has 3 rings (SSSR count). The van der Waals surface area contributed by atoms with Crippen molar-refractivity contribution >= 4 is 22.8 Å². The summed E-state index contributed by atoms with van der Waals surface area (Å²) in [5, 5.41) is 12.5. The monoisotopic (exact) mass is 425 g/mol. The van der Waals surface area contributed by atoms with Crippen LogP contribution in [-0.2, 0) is 22.4 Å². The van der Waals surface area contributed by atoms with Gasteiger partial charge in [0.1, 0.15) is 23.1 Å². The zero-order valence-electron chi connectivity index (χ0n) is 17.4. The molecule has 1 atom stereocenters. The van der Waals surface area contributed by atoms with Crippen LogP contribution in [0.2, 0.25) is 0 Å². The molecule has 8 nitrogen and oxygen atoms in total. The Bertz CT molecular complexity index is 1170. The van der Waals surface area contributed by atoms with E-state index in [-0.39, 0.29) is 24.0 Å². The van der Waals surface area contributed by atoms with E-state index in [9.17, 15) is 19.5 Å². The average Bonchev–Trinajstić information content (AvgIpc) is 2.75. The molecule has 1 aromatic heterocycles. The van der Waals surface area contributed by atoms with Gasteiger partial charge in [0.05, 0.1) is 31.6 Å². The fourth-order valence-electron chi connectivity index (χ4n) is 3.42. The van der Waals surface area contributed by atoms with Gasteiger partial charge in [0.25, 0.3) is 0 Å². The molecule has 162 valence electrons. The molecule has 0 aliphatic heterocycles. The lowest BCUT2D eigenvalue weighted by molar-refractivity contribution is -0.141. The number of carboxylic acids is 1. The van der Waals surface area contributed by atoms with Crippen LogP contribution in [0.25, 0.3) is 11.0 Å². The molecule has 1 heterocycles. The number of hydrogen-bond donors (Lipinski definition) is 2. The van der Waals surface area contributed by atoms with Crippen molar-refractivity contribution in [3.05, 3.63) is 69.6 Å². The van der Waals surface area contributed by atoms with Gasteiger partial charge in [-0.05, 0) is 18.1 Å². The van der Waals surface area contributed by atoms with Crippen molar-refractivity contribution in [2.24, 2.45) is 0 Å². The third kappa shape index (κ3) is 4.85. The first-order valence-corrected chi connectivity index (χ1v) is 9.58. The summed E-state index contributed by atoms with van der Waals surface area (Å²) in [6.45, 7) is 1.69. The Labute approximate surface area is 178 Å². The van der Waals surface area contributed by atoms with Crippen molar-refractivity contribution < 1.29 is 28.6 Å². The predicted octanol–water partition coefficient (Wildman–Crippen LogP) is 2.47. The molecular formula is C23H23NO7. The van der Waals surface area contributed by atoms with Crippen LogP contribution in [-0.4, -0.2) is 37.2 Å². The number of benzene rings is 2. The third-order valence-electron chi connectivity index (χ3n) is 5.03. The van der Waals surface area contributed by atoms with Crippen LogP contribution in [0.1, 0.15) is 16.7 Å². The average molecular weight is 425 g/mol. The lowest BCUT2D eigenvalue weighted by Gasteiger charge is -2.16. The molecule has 2 N–H and O–H groups in total. The minimum atomic E-state index is -1.16. The van der Waals surface area contributed by atoms with Gasteiger partial charge in [-0.2, -0.15) is 0 Å². The van der Waals surface area contributed by atoms with Crippen LogP contribution in [0.3, 0.4) is 0 Å². The number of rotatable bonds is 8. The minimum absolute atomic E-state index is 0.126. The van der Waals surface area contributed by atoms with Crippen molar-refractivity contribution in [3.8, 4) is 11.5 Å². The summed E-state index contributed by atoms with van der Waals surface area (Å²) in [4.78, 5) is 36.8. The Hall–Kier alpha value is -3.81. The highest BCUT2D eigenvalue weighted by molar-refractivity contribution is 5.91. The molecule has 0 bridgehead atoms. The van der Waals surface area contributed by atoms with Crippen molar-refractivity contribution in [2.45, 2.75) is 25.8 Å². The van der Waals surface area contributed by atoms with Crippen LogP contribution in [0, 0.1) is 6.92 Å². The van der Waals surface area contributed by atoms with Crippen LogP contribution < -0.4 is 20.4 Å². The number of ether oxygens (including phenoxy) is 2. The fourth-order valence-corrected chi connectivity index (χ4v) is 3.42. The second-order valence-electron chi connectivity index (χ2n) is 7.02. The van der Waals surface area contributed by atoms with E-state index in [1.54, 1.807) is 43.3 Å². The Balaban J connectivity index is 1.89. The maximum Gasteiger partial charge on any atom is 0.340 e. The summed E-state index contributed by atoms with van der Waals surface area (Å²) < 4.78 is 16.0.